The first-order chi connectivity index (χ1) is 11.1. The van der Waals surface area contributed by atoms with Crippen molar-refractivity contribution in [3.63, 3.8) is 0 Å². The van der Waals surface area contributed by atoms with Crippen molar-refractivity contribution in [2.45, 2.75) is 51.5 Å². The van der Waals surface area contributed by atoms with Crippen molar-refractivity contribution in [2.24, 2.45) is 7.05 Å². The molecule has 2 aromatic rings. The van der Waals surface area contributed by atoms with E-state index in [-0.39, 0.29) is 6.04 Å². The van der Waals surface area contributed by atoms with Crippen LogP contribution in [0.4, 0.5) is 0 Å². The predicted molar refractivity (Wildman–Crippen MR) is 91.6 cm³/mol. The standard InChI is InChI=1S/C19H24N2O2/c1-13-17(15-11-7-8-12-16(15)21(13)2)18(22)19(23)20-14-9-5-3-4-6-10-14/h7-8,11-12,14H,3-6,9-10H2,1-2H3,(H,20,23). The Bertz CT molecular complexity index is 737. The Balaban J connectivity index is 1.85. The van der Waals surface area contributed by atoms with Gasteiger partial charge in [-0.25, -0.2) is 0 Å². The molecule has 1 N–H and O–H groups in total. The van der Waals surface area contributed by atoms with Gasteiger partial charge >= 0.3 is 0 Å². The smallest absolute Gasteiger partial charge is 0.292 e. The zero-order valence-corrected chi connectivity index (χ0v) is 13.9. The van der Waals surface area contributed by atoms with Crippen LogP contribution in [-0.2, 0) is 11.8 Å². The largest absolute Gasteiger partial charge is 0.347 e. The molecule has 1 heterocycles. The minimum atomic E-state index is -0.462. The van der Waals surface area contributed by atoms with Crippen molar-refractivity contribution in [1.82, 2.24) is 9.88 Å². The van der Waals surface area contributed by atoms with Crippen molar-refractivity contribution in [3.05, 3.63) is 35.5 Å². The third kappa shape index (κ3) is 3.03. The number of Topliss-reactive ketones (excluding diaryl/α,β-unsaturated/α-hetero) is 1. The second kappa shape index (κ2) is 6.57. The summed E-state index contributed by atoms with van der Waals surface area (Å²) in [6.07, 6.45) is 6.67. The molecule has 23 heavy (non-hydrogen) atoms. The molecule has 1 amide bonds. The fourth-order valence-electron chi connectivity index (χ4n) is 3.60. The van der Waals surface area contributed by atoms with E-state index in [2.05, 4.69) is 5.32 Å². The van der Waals surface area contributed by atoms with Crippen molar-refractivity contribution >= 4 is 22.6 Å². The number of carbonyl (C=O) groups excluding carboxylic acids is 2. The maximum absolute atomic E-state index is 12.7. The number of nitrogens with one attached hydrogen (secondary N) is 1. The van der Waals surface area contributed by atoms with Crippen LogP contribution in [0.15, 0.2) is 24.3 Å². The van der Waals surface area contributed by atoms with Crippen LogP contribution < -0.4 is 5.32 Å². The van der Waals surface area contributed by atoms with Gasteiger partial charge in [0.15, 0.2) is 0 Å². The highest BCUT2D eigenvalue weighted by molar-refractivity contribution is 6.45. The normalized spacial score (nSPS) is 16.3. The van der Waals surface area contributed by atoms with Crippen LogP contribution in [-0.4, -0.2) is 22.3 Å². The Kier molecular flexibility index (Phi) is 4.51. The zero-order valence-electron chi connectivity index (χ0n) is 13.9. The lowest BCUT2D eigenvalue weighted by atomic mass is 10.0. The predicted octanol–water partition coefficient (Wildman–Crippen LogP) is 3.51. The molecule has 0 aliphatic heterocycles. The summed E-state index contributed by atoms with van der Waals surface area (Å²) < 4.78 is 1.97. The molecule has 0 spiro atoms. The first-order valence-corrected chi connectivity index (χ1v) is 8.49. The van der Waals surface area contributed by atoms with E-state index in [9.17, 15) is 9.59 Å². The van der Waals surface area contributed by atoms with Gasteiger partial charge in [0.05, 0.1) is 5.56 Å². The number of fused-ring (bicyclic) bond motifs is 1. The number of carbonyl (C=O) groups is 2. The Morgan fingerprint density at radius 3 is 2.43 bits per heavy atom. The van der Waals surface area contributed by atoms with Gasteiger partial charge in [0.2, 0.25) is 0 Å². The average molecular weight is 312 g/mol. The third-order valence-corrected chi connectivity index (χ3v) is 5.02. The summed E-state index contributed by atoms with van der Waals surface area (Å²) in [4.78, 5) is 25.2. The summed E-state index contributed by atoms with van der Waals surface area (Å²) in [5.41, 5.74) is 2.36. The number of amides is 1. The van der Waals surface area contributed by atoms with Crippen LogP contribution in [0.25, 0.3) is 10.9 Å². The molecule has 3 rings (SSSR count). The SMILES string of the molecule is Cc1c(C(=O)C(=O)NC2CCCCCC2)c2ccccc2n1C. The summed E-state index contributed by atoms with van der Waals surface area (Å²) in [5, 5.41) is 3.82. The van der Waals surface area contributed by atoms with Gasteiger partial charge in [-0.05, 0) is 25.8 Å². The quantitative estimate of drug-likeness (QED) is 0.536. The molecule has 1 fully saturated rings. The molecule has 0 unspecified atom stereocenters. The molecular weight excluding hydrogens is 288 g/mol. The van der Waals surface area contributed by atoms with Crippen LogP contribution in [0.5, 0.6) is 0 Å². The molecule has 0 atom stereocenters. The fourth-order valence-corrected chi connectivity index (χ4v) is 3.60. The molecule has 1 saturated carbocycles. The topological polar surface area (TPSA) is 51.1 Å². The Morgan fingerprint density at radius 1 is 1.09 bits per heavy atom. The van der Waals surface area contributed by atoms with Gasteiger partial charge in [0, 0.05) is 29.7 Å². The number of rotatable bonds is 3. The van der Waals surface area contributed by atoms with E-state index in [0.29, 0.717) is 5.56 Å². The van der Waals surface area contributed by atoms with E-state index in [1.54, 1.807) is 0 Å². The van der Waals surface area contributed by atoms with E-state index < -0.39 is 11.7 Å². The van der Waals surface area contributed by atoms with Gasteiger partial charge in [-0.3, -0.25) is 9.59 Å². The first-order valence-electron chi connectivity index (χ1n) is 8.49. The molecule has 0 saturated heterocycles. The second-order valence-electron chi connectivity index (χ2n) is 6.53. The molecule has 4 nitrogen and oxygen atoms in total. The van der Waals surface area contributed by atoms with Gasteiger partial charge in [0.25, 0.3) is 11.7 Å². The molecule has 1 aromatic carbocycles. The Labute approximate surface area is 136 Å². The van der Waals surface area contributed by atoms with Crippen LogP contribution in [0.1, 0.15) is 54.6 Å². The molecule has 1 aliphatic rings. The number of aromatic nitrogens is 1. The van der Waals surface area contributed by atoms with E-state index in [4.69, 9.17) is 0 Å². The van der Waals surface area contributed by atoms with Crippen molar-refractivity contribution in [1.29, 1.82) is 0 Å². The van der Waals surface area contributed by atoms with Gasteiger partial charge < -0.3 is 9.88 Å². The van der Waals surface area contributed by atoms with Gasteiger partial charge in [-0.15, -0.1) is 0 Å². The van der Waals surface area contributed by atoms with Gasteiger partial charge in [0.1, 0.15) is 0 Å². The maximum atomic E-state index is 12.7. The Hall–Kier alpha value is -2.10. The molecule has 0 bridgehead atoms. The molecule has 122 valence electrons. The maximum Gasteiger partial charge on any atom is 0.292 e. The highest BCUT2D eigenvalue weighted by atomic mass is 16.2. The van der Waals surface area contributed by atoms with E-state index in [1.165, 1.54) is 12.8 Å². The lowest BCUT2D eigenvalue weighted by molar-refractivity contribution is -0.117. The highest BCUT2D eigenvalue weighted by Crippen LogP contribution is 2.25. The average Bonchev–Trinajstić information content (AvgIpc) is 2.74. The summed E-state index contributed by atoms with van der Waals surface area (Å²) >= 11 is 0. The van der Waals surface area contributed by atoms with Crippen molar-refractivity contribution < 1.29 is 9.59 Å². The molecule has 4 heteroatoms. The van der Waals surface area contributed by atoms with E-state index >= 15 is 0 Å². The molecular formula is C19H24N2O2. The second-order valence-corrected chi connectivity index (χ2v) is 6.53. The summed E-state index contributed by atoms with van der Waals surface area (Å²) in [6.45, 7) is 1.90. The number of ketones is 1. The minimum absolute atomic E-state index is 0.143. The number of aryl methyl sites for hydroxylation is 1. The third-order valence-electron chi connectivity index (χ3n) is 5.02. The van der Waals surface area contributed by atoms with Gasteiger partial charge in [-0.2, -0.15) is 0 Å². The van der Waals surface area contributed by atoms with Crippen molar-refractivity contribution in [3.8, 4) is 0 Å². The van der Waals surface area contributed by atoms with Gasteiger partial charge in [-0.1, -0.05) is 43.9 Å². The molecule has 1 aliphatic carbocycles. The van der Waals surface area contributed by atoms with Crippen LogP contribution in [0.2, 0.25) is 0 Å². The summed E-state index contributed by atoms with van der Waals surface area (Å²) in [7, 11) is 1.93. The van der Waals surface area contributed by atoms with Crippen LogP contribution in [0, 0.1) is 6.92 Å². The summed E-state index contributed by atoms with van der Waals surface area (Å²) in [6, 6.07) is 7.88. The number of nitrogens with zero attached hydrogens (tertiary/aromatic N) is 1. The zero-order chi connectivity index (χ0) is 16.4. The van der Waals surface area contributed by atoms with E-state index in [1.807, 2.05) is 42.8 Å². The lowest BCUT2D eigenvalue weighted by Crippen LogP contribution is -2.39. The fraction of sp³-hybridized carbons (Fsp3) is 0.474. The summed E-state index contributed by atoms with van der Waals surface area (Å²) in [5.74, 6) is -0.875. The molecule has 1 aromatic heterocycles. The molecule has 0 radical (unpaired) electrons. The first kappa shape index (κ1) is 15.8. The van der Waals surface area contributed by atoms with Crippen molar-refractivity contribution in [2.75, 3.05) is 0 Å². The van der Waals surface area contributed by atoms with Crippen LogP contribution in [0.3, 0.4) is 0 Å². The highest BCUT2D eigenvalue weighted by Gasteiger charge is 2.26. The van der Waals surface area contributed by atoms with Crippen LogP contribution >= 0.6 is 0 Å². The monoisotopic (exact) mass is 312 g/mol. The Morgan fingerprint density at radius 2 is 1.74 bits per heavy atom. The number of benzene rings is 1. The number of hydrogen-bond donors (Lipinski definition) is 1. The number of hydrogen-bond acceptors (Lipinski definition) is 2. The number of para-hydroxylation sites is 1. The lowest BCUT2D eigenvalue weighted by Gasteiger charge is -2.15. The minimum Gasteiger partial charge on any atom is -0.347 e. The van der Waals surface area contributed by atoms with E-state index in [0.717, 1.165) is 42.3 Å².